The third kappa shape index (κ3) is 3.46. The number of hydrogen-bond donors (Lipinski definition) is 1. The van der Waals surface area contributed by atoms with Gasteiger partial charge in [0, 0.05) is 22.3 Å². The summed E-state index contributed by atoms with van der Waals surface area (Å²) >= 11 is 5.96. The van der Waals surface area contributed by atoms with Crippen molar-refractivity contribution in [2.75, 3.05) is 0 Å². The van der Waals surface area contributed by atoms with Gasteiger partial charge in [-0.1, -0.05) is 11.6 Å². The predicted molar refractivity (Wildman–Crippen MR) is 70.7 cm³/mol. The Morgan fingerprint density at radius 2 is 2.05 bits per heavy atom. The number of carbonyl (C=O) groups excluding carboxylic acids is 1. The molecule has 0 aliphatic heterocycles. The normalized spacial score (nSPS) is 11.3. The molecular formula is C10H6Cl2N2O4S. The summed E-state index contributed by atoms with van der Waals surface area (Å²) in [4.78, 5) is 15.3. The first-order valence-electron chi connectivity index (χ1n) is 4.84. The molecule has 0 saturated carbocycles. The highest BCUT2D eigenvalue weighted by Crippen LogP contribution is 2.29. The van der Waals surface area contributed by atoms with Gasteiger partial charge in [-0.25, -0.2) is 9.52 Å². The summed E-state index contributed by atoms with van der Waals surface area (Å²) in [5, 5.41) is 1.00. The Hall–Kier alpha value is -1.57. The van der Waals surface area contributed by atoms with E-state index in [1.54, 1.807) is 12.1 Å². The Kier molecular flexibility index (Phi) is 3.79. The van der Waals surface area contributed by atoms with Gasteiger partial charge >= 0.3 is 15.3 Å². The molecule has 2 rings (SSSR count). The molecule has 0 radical (unpaired) electrons. The van der Waals surface area contributed by atoms with Crippen LogP contribution in [0.25, 0.3) is 10.9 Å². The molecule has 19 heavy (non-hydrogen) atoms. The zero-order chi connectivity index (χ0) is 14.0. The Morgan fingerprint density at radius 3 is 2.74 bits per heavy atom. The number of pyridine rings is 1. The van der Waals surface area contributed by atoms with Crippen molar-refractivity contribution >= 4 is 48.5 Å². The Bertz CT molecular complexity index is 748. The fourth-order valence-corrected chi connectivity index (χ4v) is 2.06. The molecule has 0 atom stereocenters. The summed E-state index contributed by atoms with van der Waals surface area (Å²) in [5.41, 5.74) is 0.331. The molecule has 0 aliphatic rings. The molecule has 0 bridgehead atoms. The minimum absolute atomic E-state index is 0.0674. The van der Waals surface area contributed by atoms with Crippen LogP contribution in [0.4, 0.5) is 4.79 Å². The second-order valence-electron chi connectivity index (χ2n) is 3.37. The van der Waals surface area contributed by atoms with E-state index in [2.05, 4.69) is 4.98 Å². The molecule has 0 aliphatic carbocycles. The molecule has 9 heteroatoms. The minimum atomic E-state index is -4.20. The summed E-state index contributed by atoms with van der Waals surface area (Å²) in [5.74, 6) is 0.0674. The van der Waals surface area contributed by atoms with Crippen LogP contribution in [0.1, 0.15) is 0 Å². The number of nitrogens with one attached hydrogen (secondary N) is 1. The lowest BCUT2D eigenvalue weighted by Crippen LogP contribution is -2.29. The SMILES string of the molecule is O=C(NS(=O)(=O)Cl)Oc1ccc(Cl)c2cccnc12. The lowest BCUT2D eigenvalue weighted by molar-refractivity contribution is 0.207. The lowest BCUT2D eigenvalue weighted by Gasteiger charge is -2.07. The standard InChI is InChI=1S/C10H6Cl2N2O4S/c11-7-3-4-8(9-6(7)2-1-5-13-9)18-10(15)14-19(12,16)17/h1-5H,(H,14,15). The van der Waals surface area contributed by atoms with Gasteiger partial charge in [0.15, 0.2) is 5.75 Å². The quantitative estimate of drug-likeness (QED) is 0.859. The smallest absolute Gasteiger partial charge is 0.407 e. The van der Waals surface area contributed by atoms with Gasteiger partial charge in [-0.15, -0.1) is 0 Å². The number of carbonyl (C=O) groups is 1. The number of amides is 1. The summed E-state index contributed by atoms with van der Waals surface area (Å²) in [6.45, 7) is 0. The van der Waals surface area contributed by atoms with Crippen molar-refractivity contribution < 1.29 is 17.9 Å². The van der Waals surface area contributed by atoms with E-state index < -0.39 is 15.3 Å². The number of fused-ring (bicyclic) bond motifs is 1. The Balaban J connectivity index is 2.37. The van der Waals surface area contributed by atoms with E-state index >= 15 is 0 Å². The van der Waals surface area contributed by atoms with E-state index in [4.69, 9.17) is 27.0 Å². The molecule has 100 valence electrons. The summed E-state index contributed by atoms with van der Waals surface area (Å²) in [6, 6.07) is 6.26. The summed E-state index contributed by atoms with van der Waals surface area (Å²) in [6.07, 6.45) is 0.256. The average molecular weight is 321 g/mol. The van der Waals surface area contributed by atoms with Crippen LogP contribution in [-0.4, -0.2) is 19.5 Å². The highest BCUT2D eigenvalue weighted by atomic mass is 35.7. The van der Waals surface area contributed by atoms with Crippen molar-refractivity contribution in [2.45, 2.75) is 0 Å². The van der Waals surface area contributed by atoms with Gasteiger partial charge in [-0.3, -0.25) is 4.98 Å². The summed E-state index contributed by atoms with van der Waals surface area (Å²) < 4.78 is 27.6. The van der Waals surface area contributed by atoms with E-state index in [0.717, 1.165) is 0 Å². The van der Waals surface area contributed by atoms with Gasteiger partial charge in [0.2, 0.25) is 0 Å². The Labute approximate surface area is 117 Å². The van der Waals surface area contributed by atoms with Crippen LogP contribution in [0.3, 0.4) is 0 Å². The minimum Gasteiger partial charge on any atom is -0.407 e. The van der Waals surface area contributed by atoms with Crippen molar-refractivity contribution in [2.24, 2.45) is 0 Å². The molecule has 2 aromatic rings. The van der Waals surface area contributed by atoms with Gasteiger partial charge in [-0.2, -0.15) is 8.42 Å². The van der Waals surface area contributed by atoms with Gasteiger partial charge in [-0.05, 0) is 24.3 Å². The van der Waals surface area contributed by atoms with Crippen LogP contribution in [-0.2, 0) is 9.24 Å². The molecule has 0 fully saturated rings. The van der Waals surface area contributed by atoms with Crippen molar-refractivity contribution in [3.63, 3.8) is 0 Å². The van der Waals surface area contributed by atoms with E-state index in [9.17, 15) is 13.2 Å². The second kappa shape index (κ2) is 5.20. The number of hydrogen-bond acceptors (Lipinski definition) is 5. The van der Waals surface area contributed by atoms with Gasteiger partial charge in [0.1, 0.15) is 5.52 Å². The lowest BCUT2D eigenvalue weighted by atomic mass is 10.2. The van der Waals surface area contributed by atoms with Crippen molar-refractivity contribution in [3.05, 3.63) is 35.5 Å². The molecule has 1 N–H and O–H groups in total. The molecule has 0 spiro atoms. The zero-order valence-corrected chi connectivity index (χ0v) is 11.5. The van der Waals surface area contributed by atoms with Crippen molar-refractivity contribution in [1.29, 1.82) is 0 Å². The molecule has 1 aromatic carbocycles. The first-order valence-corrected chi connectivity index (χ1v) is 7.53. The van der Waals surface area contributed by atoms with Crippen LogP contribution in [0.15, 0.2) is 30.5 Å². The number of rotatable bonds is 2. The molecule has 1 aromatic heterocycles. The molecule has 1 heterocycles. The van der Waals surface area contributed by atoms with E-state index in [0.29, 0.717) is 15.9 Å². The van der Waals surface area contributed by atoms with Crippen LogP contribution in [0.2, 0.25) is 5.02 Å². The van der Waals surface area contributed by atoms with E-state index in [1.807, 2.05) is 0 Å². The number of halogens is 2. The van der Waals surface area contributed by atoms with E-state index in [-0.39, 0.29) is 5.75 Å². The third-order valence-electron chi connectivity index (χ3n) is 2.09. The van der Waals surface area contributed by atoms with Crippen molar-refractivity contribution in [3.8, 4) is 5.75 Å². The molecule has 0 saturated heterocycles. The van der Waals surface area contributed by atoms with Crippen LogP contribution < -0.4 is 9.46 Å². The second-order valence-corrected chi connectivity index (χ2v) is 6.08. The van der Waals surface area contributed by atoms with Gasteiger partial charge < -0.3 is 4.74 Å². The third-order valence-corrected chi connectivity index (χ3v) is 3.06. The topological polar surface area (TPSA) is 85.4 Å². The fourth-order valence-electron chi connectivity index (χ4n) is 1.41. The molecular weight excluding hydrogens is 315 g/mol. The highest BCUT2D eigenvalue weighted by molar-refractivity contribution is 8.12. The molecule has 0 unspecified atom stereocenters. The number of aromatic nitrogens is 1. The molecule has 1 amide bonds. The number of nitrogens with zero attached hydrogens (tertiary/aromatic N) is 1. The maximum absolute atomic E-state index is 11.3. The van der Waals surface area contributed by atoms with Crippen LogP contribution in [0, 0.1) is 0 Å². The van der Waals surface area contributed by atoms with Gasteiger partial charge in [0.25, 0.3) is 0 Å². The monoisotopic (exact) mass is 320 g/mol. The largest absolute Gasteiger partial charge is 0.427 e. The zero-order valence-electron chi connectivity index (χ0n) is 9.13. The Morgan fingerprint density at radius 1 is 1.32 bits per heavy atom. The average Bonchev–Trinajstić information content (AvgIpc) is 2.31. The number of ether oxygens (including phenoxy) is 1. The van der Waals surface area contributed by atoms with E-state index in [1.165, 1.54) is 23.1 Å². The molecule has 6 nitrogen and oxygen atoms in total. The van der Waals surface area contributed by atoms with Gasteiger partial charge in [0.05, 0.1) is 5.02 Å². The first-order chi connectivity index (χ1) is 8.87. The first kappa shape index (κ1) is 13.9. The maximum Gasteiger partial charge on any atom is 0.427 e. The highest BCUT2D eigenvalue weighted by Gasteiger charge is 2.15. The maximum atomic E-state index is 11.3. The van der Waals surface area contributed by atoms with Crippen molar-refractivity contribution in [1.82, 2.24) is 9.71 Å². The van der Waals surface area contributed by atoms with Crippen LogP contribution in [0.5, 0.6) is 5.75 Å². The summed E-state index contributed by atoms with van der Waals surface area (Å²) in [7, 11) is 0.658. The fraction of sp³-hybridized carbons (Fsp3) is 0. The number of benzene rings is 1. The predicted octanol–water partition coefficient (Wildman–Crippen LogP) is 2.46. The van der Waals surface area contributed by atoms with Crippen LogP contribution >= 0.6 is 22.3 Å².